The molecule has 1 heterocycles. The van der Waals surface area contributed by atoms with Crippen LogP contribution < -0.4 is 10.5 Å². The molecule has 24 heavy (non-hydrogen) atoms. The molecule has 0 saturated heterocycles. The van der Waals surface area contributed by atoms with Gasteiger partial charge in [0.2, 0.25) is 0 Å². The maximum absolute atomic E-state index is 12.8. The van der Waals surface area contributed by atoms with Gasteiger partial charge in [-0.05, 0) is 37.3 Å². The van der Waals surface area contributed by atoms with Gasteiger partial charge in [-0.15, -0.1) is 0 Å². The molecule has 2 aromatic carbocycles. The van der Waals surface area contributed by atoms with Crippen molar-refractivity contribution in [3.63, 3.8) is 0 Å². The Morgan fingerprint density at radius 2 is 1.83 bits per heavy atom. The zero-order valence-corrected chi connectivity index (χ0v) is 14.3. The molecule has 1 aromatic heterocycles. The summed E-state index contributed by atoms with van der Waals surface area (Å²) in [6.45, 7) is 2.25. The predicted molar refractivity (Wildman–Crippen MR) is 96.3 cm³/mol. The number of amides is 1. The second-order valence-corrected chi connectivity index (χ2v) is 5.98. The lowest BCUT2D eigenvalue weighted by Crippen LogP contribution is -2.33. The van der Waals surface area contributed by atoms with Crippen LogP contribution in [0.4, 0.5) is 5.69 Å². The SMILES string of the molecule is CCN(C(=O)c1cc2cc(Cl)cc(Cl)c2oc1=O)c1ccccc1. The van der Waals surface area contributed by atoms with Crippen molar-refractivity contribution in [1.29, 1.82) is 0 Å². The first kappa shape index (κ1) is 16.6. The Bertz CT molecular complexity index is 967. The lowest BCUT2D eigenvalue weighted by atomic mass is 10.1. The molecule has 0 fully saturated rings. The van der Waals surface area contributed by atoms with Crippen LogP contribution in [0.1, 0.15) is 17.3 Å². The van der Waals surface area contributed by atoms with Crippen molar-refractivity contribution >= 4 is 45.8 Å². The molecular weight excluding hydrogens is 349 g/mol. The van der Waals surface area contributed by atoms with Gasteiger partial charge in [-0.2, -0.15) is 0 Å². The highest BCUT2D eigenvalue weighted by atomic mass is 35.5. The molecule has 0 atom stereocenters. The van der Waals surface area contributed by atoms with E-state index in [4.69, 9.17) is 27.6 Å². The van der Waals surface area contributed by atoms with Crippen LogP contribution in [0.2, 0.25) is 10.0 Å². The van der Waals surface area contributed by atoms with Gasteiger partial charge in [-0.3, -0.25) is 4.79 Å². The summed E-state index contributed by atoms with van der Waals surface area (Å²) in [5, 5.41) is 1.12. The van der Waals surface area contributed by atoms with Gasteiger partial charge in [0.25, 0.3) is 5.91 Å². The second kappa shape index (κ2) is 6.67. The fourth-order valence-corrected chi connectivity index (χ4v) is 3.05. The number of para-hydroxylation sites is 1. The monoisotopic (exact) mass is 361 g/mol. The number of carbonyl (C=O) groups is 1. The quantitative estimate of drug-likeness (QED) is 0.631. The Hall–Kier alpha value is -2.30. The van der Waals surface area contributed by atoms with Crippen molar-refractivity contribution < 1.29 is 9.21 Å². The summed E-state index contributed by atoms with van der Waals surface area (Å²) in [7, 11) is 0. The third-order valence-corrected chi connectivity index (χ3v) is 4.11. The van der Waals surface area contributed by atoms with Gasteiger partial charge >= 0.3 is 5.63 Å². The molecule has 4 nitrogen and oxygen atoms in total. The van der Waals surface area contributed by atoms with Gasteiger partial charge in [-0.1, -0.05) is 41.4 Å². The largest absolute Gasteiger partial charge is 0.421 e. The van der Waals surface area contributed by atoms with Crippen molar-refractivity contribution in [2.45, 2.75) is 6.92 Å². The molecule has 0 bridgehead atoms. The summed E-state index contributed by atoms with van der Waals surface area (Å²) in [5.41, 5.74) is 0.122. The standard InChI is InChI=1S/C18H13Cl2NO3/c1-2-21(13-6-4-3-5-7-13)17(22)14-9-11-8-12(19)10-15(20)16(11)24-18(14)23/h3-10H,2H2,1H3. The van der Waals surface area contributed by atoms with E-state index in [0.717, 1.165) is 0 Å². The fraction of sp³-hybridized carbons (Fsp3) is 0.111. The Kier molecular flexibility index (Phi) is 4.60. The van der Waals surface area contributed by atoms with Gasteiger partial charge in [0.1, 0.15) is 5.56 Å². The minimum atomic E-state index is -0.730. The van der Waals surface area contributed by atoms with E-state index in [-0.39, 0.29) is 16.2 Å². The molecule has 0 N–H and O–H groups in total. The molecule has 6 heteroatoms. The molecule has 0 aliphatic carbocycles. The number of hydrogen-bond acceptors (Lipinski definition) is 3. The van der Waals surface area contributed by atoms with E-state index in [1.165, 1.54) is 17.0 Å². The number of rotatable bonds is 3. The van der Waals surface area contributed by atoms with Crippen LogP contribution in [0, 0.1) is 0 Å². The zero-order valence-electron chi connectivity index (χ0n) is 12.8. The van der Waals surface area contributed by atoms with Crippen LogP contribution in [0.15, 0.2) is 57.7 Å². The first-order valence-corrected chi connectivity index (χ1v) is 8.06. The maximum Gasteiger partial charge on any atom is 0.349 e. The van der Waals surface area contributed by atoms with E-state index < -0.39 is 11.5 Å². The van der Waals surface area contributed by atoms with Crippen molar-refractivity contribution in [2.75, 3.05) is 11.4 Å². The topological polar surface area (TPSA) is 50.5 Å². The smallest absolute Gasteiger partial charge is 0.349 e. The van der Waals surface area contributed by atoms with Crippen LogP contribution >= 0.6 is 23.2 Å². The van der Waals surface area contributed by atoms with Gasteiger partial charge < -0.3 is 9.32 Å². The lowest BCUT2D eigenvalue weighted by Gasteiger charge is -2.20. The highest BCUT2D eigenvalue weighted by molar-refractivity contribution is 6.38. The Balaban J connectivity index is 2.13. The molecule has 0 saturated carbocycles. The van der Waals surface area contributed by atoms with Crippen LogP contribution in [0.5, 0.6) is 0 Å². The third kappa shape index (κ3) is 3.03. The van der Waals surface area contributed by atoms with E-state index in [2.05, 4.69) is 0 Å². The summed E-state index contributed by atoms with van der Waals surface area (Å²) in [4.78, 5) is 26.6. The number of hydrogen-bond donors (Lipinski definition) is 0. The first-order chi connectivity index (χ1) is 11.5. The van der Waals surface area contributed by atoms with Gasteiger partial charge in [-0.25, -0.2) is 4.79 Å². The van der Waals surface area contributed by atoms with Crippen molar-refractivity contribution in [3.8, 4) is 0 Å². The average molecular weight is 362 g/mol. The molecule has 0 aliphatic rings. The number of fused-ring (bicyclic) bond motifs is 1. The van der Waals surface area contributed by atoms with Crippen LogP contribution in [-0.2, 0) is 0 Å². The Morgan fingerprint density at radius 3 is 2.50 bits per heavy atom. The first-order valence-electron chi connectivity index (χ1n) is 7.31. The molecule has 0 radical (unpaired) electrons. The summed E-state index contributed by atoms with van der Waals surface area (Å²) in [6.07, 6.45) is 0. The molecule has 0 spiro atoms. The summed E-state index contributed by atoms with van der Waals surface area (Å²) in [6, 6.07) is 13.7. The van der Waals surface area contributed by atoms with Gasteiger partial charge in [0.15, 0.2) is 5.58 Å². The van der Waals surface area contributed by atoms with Crippen molar-refractivity contribution in [3.05, 3.63) is 74.6 Å². The molecule has 122 valence electrons. The van der Waals surface area contributed by atoms with Crippen LogP contribution in [0.25, 0.3) is 11.0 Å². The number of nitrogens with zero attached hydrogens (tertiary/aromatic N) is 1. The molecular formula is C18H13Cl2NO3. The minimum absolute atomic E-state index is 0.0634. The average Bonchev–Trinajstić information content (AvgIpc) is 2.56. The summed E-state index contributed by atoms with van der Waals surface area (Å²) in [5.74, 6) is -0.435. The van der Waals surface area contributed by atoms with Gasteiger partial charge in [0, 0.05) is 22.6 Å². The zero-order chi connectivity index (χ0) is 17.3. The number of benzene rings is 2. The second-order valence-electron chi connectivity index (χ2n) is 5.14. The normalized spacial score (nSPS) is 10.8. The number of anilines is 1. The van der Waals surface area contributed by atoms with E-state index >= 15 is 0 Å². The van der Waals surface area contributed by atoms with Crippen LogP contribution in [-0.4, -0.2) is 12.5 Å². The molecule has 0 unspecified atom stereocenters. The maximum atomic E-state index is 12.8. The third-order valence-electron chi connectivity index (χ3n) is 3.61. The molecule has 0 aliphatic heterocycles. The van der Waals surface area contributed by atoms with E-state index in [1.807, 2.05) is 25.1 Å². The summed E-state index contributed by atoms with van der Waals surface area (Å²) < 4.78 is 5.24. The van der Waals surface area contributed by atoms with Gasteiger partial charge in [0.05, 0.1) is 5.02 Å². The molecule has 3 aromatic rings. The molecule has 3 rings (SSSR count). The lowest BCUT2D eigenvalue weighted by molar-refractivity contribution is 0.0985. The van der Waals surface area contributed by atoms with E-state index in [1.54, 1.807) is 18.2 Å². The Labute approximate surface area is 148 Å². The van der Waals surface area contributed by atoms with Crippen LogP contribution in [0.3, 0.4) is 0 Å². The fourth-order valence-electron chi connectivity index (χ4n) is 2.50. The summed E-state index contributed by atoms with van der Waals surface area (Å²) >= 11 is 12.0. The van der Waals surface area contributed by atoms with Crippen molar-refractivity contribution in [1.82, 2.24) is 0 Å². The highest BCUT2D eigenvalue weighted by Crippen LogP contribution is 2.28. The number of halogens is 2. The Morgan fingerprint density at radius 1 is 1.12 bits per heavy atom. The van der Waals surface area contributed by atoms with E-state index in [0.29, 0.717) is 22.6 Å². The van der Waals surface area contributed by atoms with E-state index in [9.17, 15) is 9.59 Å². The predicted octanol–water partition coefficient (Wildman–Crippen LogP) is 4.77. The highest BCUT2D eigenvalue weighted by Gasteiger charge is 2.21. The number of carbonyl (C=O) groups excluding carboxylic acids is 1. The molecule has 1 amide bonds. The minimum Gasteiger partial charge on any atom is -0.421 e. The van der Waals surface area contributed by atoms with Crippen molar-refractivity contribution in [2.24, 2.45) is 0 Å².